The Hall–Kier alpha value is -2.42. The highest BCUT2D eigenvalue weighted by Gasteiger charge is 2.08. The van der Waals surface area contributed by atoms with Gasteiger partial charge in [-0.25, -0.2) is 0 Å². The Labute approximate surface area is 125 Å². The van der Waals surface area contributed by atoms with Crippen molar-refractivity contribution in [2.75, 3.05) is 0 Å². The molecule has 0 amide bonds. The molecule has 0 aliphatic carbocycles. The zero-order chi connectivity index (χ0) is 15.1. The van der Waals surface area contributed by atoms with E-state index in [4.69, 9.17) is 4.74 Å². The number of hydrogen-bond donors (Lipinski definition) is 0. The molecule has 0 saturated carbocycles. The van der Waals surface area contributed by atoms with E-state index in [1.165, 1.54) is 0 Å². The van der Waals surface area contributed by atoms with Gasteiger partial charge in [-0.15, -0.1) is 0 Å². The van der Waals surface area contributed by atoms with Crippen LogP contribution in [0.5, 0.6) is 0 Å². The van der Waals surface area contributed by atoms with Gasteiger partial charge in [-0.3, -0.25) is 9.78 Å². The minimum absolute atomic E-state index is 0.199. The molecule has 108 valence electrons. The number of rotatable bonds is 6. The molecule has 0 N–H and O–H groups in total. The second kappa shape index (κ2) is 7.39. The molecular weight excluding hydrogens is 262 g/mol. The van der Waals surface area contributed by atoms with Gasteiger partial charge >= 0.3 is 5.97 Å². The summed E-state index contributed by atoms with van der Waals surface area (Å²) in [5.74, 6) is -0.199. The smallest absolute Gasteiger partial charge is 0.306 e. The lowest BCUT2D eigenvalue weighted by Crippen LogP contribution is -2.06. The van der Waals surface area contributed by atoms with Crippen LogP contribution in [0.2, 0.25) is 0 Å². The number of carbonyl (C=O) groups excluding carboxylic acids is 1. The maximum atomic E-state index is 11.8. The van der Waals surface area contributed by atoms with Crippen molar-refractivity contribution in [2.45, 2.75) is 26.4 Å². The molecule has 3 heteroatoms. The molecule has 2 rings (SSSR count). The second-order valence-corrected chi connectivity index (χ2v) is 4.96. The molecule has 1 heterocycles. The van der Waals surface area contributed by atoms with Gasteiger partial charge in [-0.05, 0) is 36.1 Å². The Morgan fingerprint density at radius 3 is 2.71 bits per heavy atom. The van der Waals surface area contributed by atoms with Crippen LogP contribution in [0.4, 0.5) is 0 Å². The lowest BCUT2D eigenvalue weighted by atomic mass is 10.0. The molecule has 1 aromatic carbocycles. The number of esters is 1. The molecule has 1 aromatic heterocycles. The zero-order valence-corrected chi connectivity index (χ0v) is 12.2. The fraction of sp³-hybridized carbons (Fsp3) is 0.222. The van der Waals surface area contributed by atoms with Crippen molar-refractivity contribution in [3.05, 3.63) is 72.1 Å². The Kier molecular flexibility index (Phi) is 5.27. The summed E-state index contributed by atoms with van der Waals surface area (Å²) in [7, 11) is 0. The largest absolute Gasteiger partial charge is 0.461 e. The quantitative estimate of drug-likeness (QED) is 0.756. The Morgan fingerprint density at radius 2 is 2.00 bits per heavy atom. The van der Waals surface area contributed by atoms with E-state index in [1.54, 1.807) is 12.4 Å². The number of ether oxygens (including phenoxy) is 1. The topological polar surface area (TPSA) is 39.2 Å². The van der Waals surface area contributed by atoms with E-state index in [9.17, 15) is 4.79 Å². The monoisotopic (exact) mass is 281 g/mol. The van der Waals surface area contributed by atoms with E-state index in [0.29, 0.717) is 19.4 Å². The highest BCUT2D eigenvalue weighted by atomic mass is 16.5. The molecular formula is C18H19NO2. The number of nitrogens with zero attached hydrogens (tertiary/aromatic N) is 1. The zero-order valence-electron chi connectivity index (χ0n) is 12.2. The Bertz CT molecular complexity index is 620. The Balaban J connectivity index is 1.86. The van der Waals surface area contributed by atoms with Gasteiger partial charge in [0.25, 0.3) is 0 Å². The summed E-state index contributed by atoms with van der Waals surface area (Å²) in [6, 6.07) is 11.6. The van der Waals surface area contributed by atoms with Gasteiger partial charge in [0.15, 0.2) is 0 Å². The molecule has 0 aliphatic heterocycles. The number of pyridine rings is 1. The predicted octanol–water partition coefficient (Wildman–Crippen LogP) is 3.79. The van der Waals surface area contributed by atoms with Gasteiger partial charge in [0, 0.05) is 18.8 Å². The first-order valence-electron chi connectivity index (χ1n) is 6.95. The summed E-state index contributed by atoms with van der Waals surface area (Å²) in [6.07, 6.45) is 4.48. The van der Waals surface area contributed by atoms with Crippen molar-refractivity contribution < 1.29 is 9.53 Å². The average molecular weight is 281 g/mol. The van der Waals surface area contributed by atoms with Crippen LogP contribution in [0, 0.1) is 0 Å². The maximum absolute atomic E-state index is 11.8. The summed E-state index contributed by atoms with van der Waals surface area (Å²) in [5.41, 5.74) is 4.06. The van der Waals surface area contributed by atoms with Crippen LogP contribution in [-0.4, -0.2) is 11.0 Å². The summed E-state index contributed by atoms with van der Waals surface area (Å²) in [4.78, 5) is 15.9. The predicted molar refractivity (Wildman–Crippen MR) is 83.5 cm³/mol. The SMILES string of the molecule is C=C(C)c1ccncc1CCC(=O)OCc1ccccc1. The minimum Gasteiger partial charge on any atom is -0.461 e. The molecule has 0 unspecified atom stereocenters. The summed E-state index contributed by atoms with van der Waals surface area (Å²) in [5, 5.41) is 0. The molecule has 0 bridgehead atoms. The lowest BCUT2D eigenvalue weighted by molar-refractivity contribution is -0.144. The molecule has 21 heavy (non-hydrogen) atoms. The summed E-state index contributed by atoms with van der Waals surface area (Å²) in [6.45, 7) is 6.22. The molecule has 2 aromatic rings. The van der Waals surface area contributed by atoms with Crippen molar-refractivity contribution in [3.8, 4) is 0 Å². The highest BCUT2D eigenvalue weighted by Crippen LogP contribution is 2.17. The van der Waals surface area contributed by atoms with E-state index in [2.05, 4.69) is 11.6 Å². The third-order valence-electron chi connectivity index (χ3n) is 3.20. The minimum atomic E-state index is -0.199. The van der Waals surface area contributed by atoms with Crippen molar-refractivity contribution in [1.29, 1.82) is 0 Å². The number of hydrogen-bond acceptors (Lipinski definition) is 3. The van der Waals surface area contributed by atoms with Crippen molar-refractivity contribution in [3.63, 3.8) is 0 Å². The fourth-order valence-electron chi connectivity index (χ4n) is 2.09. The first-order valence-corrected chi connectivity index (χ1v) is 6.95. The maximum Gasteiger partial charge on any atom is 0.306 e. The van der Waals surface area contributed by atoms with Gasteiger partial charge in [-0.2, -0.15) is 0 Å². The third-order valence-corrected chi connectivity index (χ3v) is 3.20. The number of aromatic nitrogens is 1. The molecule has 0 fully saturated rings. The number of aryl methyl sites for hydroxylation is 1. The first kappa shape index (κ1) is 15.0. The molecule has 0 atom stereocenters. The summed E-state index contributed by atoms with van der Waals surface area (Å²) >= 11 is 0. The molecule has 0 spiro atoms. The van der Waals surface area contributed by atoms with E-state index < -0.39 is 0 Å². The molecule has 3 nitrogen and oxygen atoms in total. The van der Waals surface area contributed by atoms with Crippen LogP contribution >= 0.6 is 0 Å². The van der Waals surface area contributed by atoms with Crippen molar-refractivity contribution in [2.24, 2.45) is 0 Å². The van der Waals surface area contributed by atoms with Gasteiger partial charge in [0.2, 0.25) is 0 Å². The van der Waals surface area contributed by atoms with Gasteiger partial charge < -0.3 is 4.74 Å². The van der Waals surface area contributed by atoms with Gasteiger partial charge in [-0.1, -0.05) is 42.5 Å². The van der Waals surface area contributed by atoms with E-state index in [1.807, 2.05) is 43.3 Å². The van der Waals surface area contributed by atoms with Crippen LogP contribution in [0.1, 0.15) is 30.0 Å². The number of benzene rings is 1. The fourth-order valence-corrected chi connectivity index (χ4v) is 2.09. The highest BCUT2D eigenvalue weighted by molar-refractivity contribution is 5.70. The molecule has 0 radical (unpaired) electrons. The lowest BCUT2D eigenvalue weighted by Gasteiger charge is -2.08. The average Bonchev–Trinajstić information content (AvgIpc) is 2.52. The number of carbonyl (C=O) groups is 1. The molecule has 0 saturated heterocycles. The third kappa shape index (κ3) is 4.56. The van der Waals surface area contributed by atoms with E-state index >= 15 is 0 Å². The van der Waals surface area contributed by atoms with Crippen molar-refractivity contribution in [1.82, 2.24) is 4.98 Å². The van der Waals surface area contributed by atoms with Crippen LogP contribution in [0.25, 0.3) is 5.57 Å². The number of allylic oxidation sites excluding steroid dienone is 1. The van der Waals surface area contributed by atoms with Gasteiger partial charge in [0.05, 0.1) is 0 Å². The molecule has 0 aliphatic rings. The first-order chi connectivity index (χ1) is 10.2. The van der Waals surface area contributed by atoms with Crippen LogP contribution in [0.15, 0.2) is 55.4 Å². The van der Waals surface area contributed by atoms with Crippen LogP contribution in [0.3, 0.4) is 0 Å². The normalized spacial score (nSPS) is 10.1. The van der Waals surface area contributed by atoms with E-state index in [-0.39, 0.29) is 5.97 Å². The standard InChI is InChI=1S/C18H19NO2/c1-14(2)17-10-11-19-12-16(17)8-9-18(20)21-13-15-6-4-3-5-7-15/h3-7,10-12H,1,8-9,13H2,2H3. The van der Waals surface area contributed by atoms with Gasteiger partial charge in [0.1, 0.15) is 6.61 Å². The van der Waals surface area contributed by atoms with Crippen LogP contribution in [-0.2, 0) is 22.6 Å². The Morgan fingerprint density at radius 1 is 1.24 bits per heavy atom. The van der Waals surface area contributed by atoms with E-state index in [0.717, 1.165) is 22.3 Å². The second-order valence-electron chi connectivity index (χ2n) is 4.96. The van der Waals surface area contributed by atoms with Crippen molar-refractivity contribution >= 4 is 11.5 Å². The summed E-state index contributed by atoms with van der Waals surface area (Å²) < 4.78 is 5.27. The van der Waals surface area contributed by atoms with Crippen LogP contribution < -0.4 is 0 Å².